The Labute approximate surface area is 122 Å². The van der Waals surface area contributed by atoms with E-state index in [1.807, 2.05) is 31.3 Å². The number of halogens is 1. The molecule has 1 fully saturated rings. The van der Waals surface area contributed by atoms with Gasteiger partial charge in [0.15, 0.2) is 0 Å². The average Bonchev–Trinajstić information content (AvgIpc) is 2.49. The Kier molecular flexibility index (Phi) is 4.47. The Bertz CT molecular complexity index is 449. The topological polar surface area (TPSA) is 43.8 Å². The average molecular weight is 327 g/mol. The minimum Gasteiger partial charge on any atom is -0.481 e. The molecule has 2 atom stereocenters. The number of carboxylic acids is 1. The van der Waals surface area contributed by atoms with Crippen molar-refractivity contribution in [3.05, 3.63) is 28.7 Å². The largest absolute Gasteiger partial charge is 0.481 e. The number of anilines is 1. The van der Waals surface area contributed by atoms with E-state index in [0.29, 0.717) is 19.1 Å². The highest BCUT2D eigenvalue weighted by Crippen LogP contribution is 2.24. The SMILES string of the molecule is CC1CN(C)CC(C(=O)O)CN1c1ccc(Br)cc1. The van der Waals surface area contributed by atoms with Crippen LogP contribution in [0, 0.1) is 5.92 Å². The van der Waals surface area contributed by atoms with Gasteiger partial charge in [0.2, 0.25) is 0 Å². The molecule has 4 nitrogen and oxygen atoms in total. The summed E-state index contributed by atoms with van der Waals surface area (Å²) in [6.45, 7) is 4.18. The van der Waals surface area contributed by atoms with E-state index >= 15 is 0 Å². The molecule has 1 aromatic carbocycles. The quantitative estimate of drug-likeness (QED) is 0.905. The Morgan fingerprint density at radius 1 is 1.26 bits per heavy atom. The van der Waals surface area contributed by atoms with Crippen LogP contribution in [0.15, 0.2) is 28.7 Å². The van der Waals surface area contributed by atoms with Gasteiger partial charge >= 0.3 is 5.97 Å². The number of carboxylic acid groups (broad SMARTS) is 1. The van der Waals surface area contributed by atoms with Crippen molar-refractivity contribution in [1.29, 1.82) is 0 Å². The van der Waals surface area contributed by atoms with E-state index in [1.54, 1.807) is 0 Å². The highest BCUT2D eigenvalue weighted by atomic mass is 79.9. The summed E-state index contributed by atoms with van der Waals surface area (Å²) in [5.41, 5.74) is 1.08. The summed E-state index contributed by atoms with van der Waals surface area (Å²) in [7, 11) is 1.98. The van der Waals surface area contributed by atoms with Crippen LogP contribution in [-0.4, -0.2) is 48.7 Å². The van der Waals surface area contributed by atoms with Gasteiger partial charge < -0.3 is 14.9 Å². The fraction of sp³-hybridized carbons (Fsp3) is 0.500. The van der Waals surface area contributed by atoms with Gasteiger partial charge in [-0.2, -0.15) is 0 Å². The summed E-state index contributed by atoms with van der Waals surface area (Å²) < 4.78 is 1.03. The van der Waals surface area contributed by atoms with Gasteiger partial charge in [0.05, 0.1) is 5.92 Å². The smallest absolute Gasteiger partial charge is 0.309 e. The first-order chi connectivity index (χ1) is 8.97. The minimum absolute atomic E-state index is 0.301. The lowest BCUT2D eigenvalue weighted by Gasteiger charge is -2.30. The third-order valence-corrected chi connectivity index (χ3v) is 4.09. The van der Waals surface area contributed by atoms with Gasteiger partial charge in [-0.25, -0.2) is 0 Å². The number of benzene rings is 1. The number of nitrogens with zero attached hydrogens (tertiary/aromatic N) is 2. The molecule has 2 rings (SSSR count). The van der Waals surface area contributed by atoms with Crippen LogP contribution in [0.5, 0.6) is 0 Å². The Balaban J connectivity index is 2.25. The summed E-state index contributed by atoms with van der Waals surface area (Å²) in [6, 6.07) is 8.35. The highest BCUT2D eigenvalue weighted by Gasteiger charge is 2.29. The molecule has 2 unspecified atom stereocenters. The number of rotatable bonds is 2. The molecule has 0 bridgehead atoms. The molecule has 1 aliphatic rings. The second kappa shape index (κ2) is 5.92. The van der Waals surface area contributed by atoms with Crippen molar-refractivity contribution < 1.29 is 9.90 Å². The van der Waals surface area contributed by atoms with Gasteiger partial charge in [0, 0.05) is 35.8 Å². The van der Waals surface area contributed by atoms with Crippen molar-refractivity contribution in [3.8, 4) is 0 Å². The Hall–Kier alpha value is -1.07. The number of hydrogen-bond donors (Lipinski definition) is 1. The van der Waals surface area contributed by atoms with Crippen LogP contribution in [0.1, 0.15) is 6.92 Å². The molecule has 19 heavy (non-hydrogen) atoms. The second-order valence-corrected chi connectivity index (χ2v) is 6.15. The molecule has 1 heterocycles. The van der Waals surface area contributed by atoms with Crippen LogP contribution in [0.3, 0.4) is 0 Å². The lowest BCUT2D eigenvalue weighted by atomic mass is 10.1. The maximum Gasteiger partial charge on any atom is 0.309 e. The van der Waals surface area contributed by atoms with E-state index in [1.165, 1.54) is 0 Å². The van der Waals surface area contributed by atoms with Crippen LogP contribution < -0.4 is 4.90 Å². The van der Waals surface area contributed by atoms with E-state index in [0.717, 1.165) is 16.7 Å². The Morgan fingerprint density at radius 2 is 1.89 bits per heavy atom. The summed E-state index contributed by atoms with van der Waals surface area (Å²) in [4.78, 5) is 15.6. The molecule has 104 valence electrons. The van der Waals surface area contributed by atoms with Crippen LogP contribution in [0.4, 0.5) is 5.69 Å². The first-order valence-electron chi connectivity index (χ1n) is 6.41. The maximum absolute atomic E-state index is 11.3. The second-order valence-electron chi connectivity index (χ2n) is 5.23. The molecule has 5 heteroatoms. The number of aliphatic carboxylic acids is 1. The van der Waals surface area contributed by atoms with Crippen LogP contribution in [0.25, 0.3) is 0 Å². The van der Waals surface area contributed by atoms with E-state index in [9.17, 15) is 9.90 Å². The molecular formula is C14H19BrN2O2. The zero-order chi connectivity index (χ0) is 14.0. The zero-order valence-electron chi connectivity index (χ0n) is 11.2. The van der Waals surface area contributed by atoms with Crippen LogP contribution in [-0.2, 0) is 4.79 Å². The maximum atomic E-state index is 11.3. The van der Waals surface area contributed by atoms with E-state index in [-0.39, 0.29) is 5.92 Å². The van der Waals surface area contributed by atoms with Gasteiger partial charge in [0.25, 0.3) is 0 Å². The third kappa shape index (κ3) is 3.48. The molecule has 0 saturated carbocycles. The van der Waals surface area contributed by atoms with E-state index < -0.39 is 5.97 Å². The van der Waals surface area contributed by atoms with Crippen molar-refractivity contribution in [1.82, 2.24) is 4.90 Å². The van der Waals surface area contributed by atoms with E-state index in [2.05, 4.69) is 32.7 Å². The van der Waals surface area contributed by atoms with Gasteiger partial charge in [-0.15, -0.1) is 0 Å². The molecule has 1 saturated heterocycles. The lowest BCUT2D eigenvalue weighted by molar-refractivity contribution is -0.141. The Morgan fingerprint density at radius 3 is 2.47 bits per heavy atom. The predicted octanol–water partition coefficient (Wildman–Crippen LogP) is 2.29. The summed E-state index contributed by atoms with van der Waals surface area (Å²) in [5, 5.41) is 9.32. The van der Waals surface area contributed by atoms with Crippen molar-refractivity contribution in [2.45, 2.75) is 13.0 Å². The van der Waals surface area contributed by atoms with Crippen molar-refractivity contribution >= 4 is 27.6 Å². The first kappa shape index (κ1) is 14.3. The minimum atomic E-state index is -0.719. The molecule has 0 aromatic heterocycles. The monoisotopic (exact) mass is 326 g/mol. The normalized spacial score (nSPS) is 25.1. The third-order valence-electron chi connectivity index (χ3n) is 3.56. The summed E-state index contributed by atoms with van der Waals surface area (Å²) in [6.07, 6.45) is 0. The fourth-order valence-electron chi connectivity index (χ4n) is 2.62. The van der Waals surface area contributed by atoms with Crippen LogP contribution >= 0.6 is 15.9 Å². The van der Waals surface area contributed by atoms with E-state index in [4.69, 9.17) is 0 Å². The molecule has 0 amide bonds. The van der Waals surface area contributed by atoms with Gasteiger partial charge in [-0.05, 0) is 38.2 Å². The van der Waals surface area contributed by atoms with Gasteiger partial charge in [-0.3, -0.25) is 4.79 Å². The number of likely N-dealkylation sites (N-methyl/N-ethyl adjacent to an activating group) is 1. The molecular weight excluding hydrogens is 308 g/mol. The van der Waals surface area contributed by atoms with Crippen molar-refractivity contribution in [3.63, 3.8) is 0 Å². The lowest BCUT2D eigenvalue weighted by Crippen LogP contribution is -2.39. The van der Waals surface area contributed by atoms with Crippen molar-refractivity contribution in [2.24, 2.45) is 5.92 Å². The fourth-order valence-corrected chi connectivity index (χ4v) is 2.89. The van der Waals surface area contributed by atoms with Gasteiger partial charge in [-0.1, -0.05) is 15.9 Å². The summed E-state index contributed by atoms with van der Waals surface area (Å²) >= 11 is 3.42. The molecule has 0 aliphatic carbocycles. The molecule has 0 radical (unpaired) electrons. The van der Waals surface area contributed by atoms with Gasteiger partial charge in [0.1, 0.15) is 0 Å². The summed E-state index contributed by atoms with van der Waals surface area (Å²) in [5.74, 6) is -1.07. The molecule has 1 aromatic rings. The standard InChI is InChI=1S/C14H19BrN2O2/c1-10-7-16(2)8-11(14(18)19)9-17(10)13-5-3-12(15)4-6-13/h3-6,10-11H,7-9H2,1-2H3,(H,18,19). The van der Waals surface area contributed by atoms with Crippen molar-refractivity contribution in [2.75, 3.05) is 31.6 Å². The first-order valence-corrected chi connectivity index (χ1v) is 7.20. The zero-order valence-corrected chi connectivity index (χ0v) is 12.8. The molecule has 0 spiro atoms. The number of hydrogen-bond acceptors (Lipinski definition) is 3. The van der Waals surface area contributed by atoms with Crippen LogP contribution in [0.2, 0.25) is 0 Å². The number of carbonyl (C=O) groups is 1. The molecule has 1 N–H and O–H groups in total. The predicted molar refractivity (Wildman–Crippen MR) is 79.6 cm³/mol. The highest BCUT2D eigenvalue weighted by molar-refractivity contribution is 9.10. The molecule has 1 aliphatic heterocycles.